The van der Waals surface area contributed by atoms with Gasteiger partial charge in [-0.15, -0.1) is 11.3 Å². The van der Waals surface area contributed by atoms with Crippen molar-refractivity contribution in [2.24, 2.45) is 0 Å². The number of ether oxygens (including phenoxy) is 1. The Labute approximate surface area is 194 Å². The number of carbonyl (C=O) groups excluding carboxylic acids is 1. The number of nitrogens with one attached hydrogen (secondary N) is 1. The molecule has 0 aliphatic carbocycles. The Morgan fingerprint density at radius 3 is 2.76 bits per heavy atom. The number of halogens is 4. The molecule has 1 aliphatic rings. The summed E-state index contributed by atoms with van der Waals surface area (Å²) < 4.78 is 60.4. The molecule has 1 amide bonds. The van der Waals surface area contributed by atoms with Crippen molar-refractivity contribution in [3.63, 3.8) is 0 Å². The molecule has 1 unspecified atom stereocenters. The van der Waals surface area contributed by atoms with Crippen LogP contribution in [0.4, 0.5) is 34.1 Å². The maximum Gasteiger partial charge on any atom is 0.416 e. The van der Waals surface area contributed by atoms with E-state index in [1.54, 1.807) is 17.7 Å². The number of nitrogens with zero attached hydrogens (tertiary/aromatic N) is 5. The van der Waals surface area contributed by atoms with E-state index in [0.717, 1.165) is 17.0 Å². The number of aromatic nitrogens is 4. The minimum atomic E-state index is -4.42. The Balaban J connectivity index is 1.43. The van der Waals surface area contributed by atoms with E-state index in [9.17, 15) is 22.4 Å². The second-order valence-electron chi connectivity index (χ2n) is 7.88. The zero-order chi connectivity index (χ0) is 24.2. The van der Waals surface area contributed by atoms with Gasteiger partial charge < -0.3 is 10.1 Å². The molecule has 0 spiro atoms. The number of benzene rings is 1. The quantitative estimate of drug-likeness (QED) is 0.383. The topological polar surface area (TPSA) is 84.7 Å². The monoisotopic (exact) mass is 494 g/mol. The summed E-state index contributed by atoms with van der Waals surface area (Å²) in [6.45, 7) is 3.07. The first-order valence-corrected chi connectivity index (χ1v) is 11.1. The van der Waals surface area contributed by atoms with Crippen molar-refractivity contribution in [2.45, 2.75) is 38.3 Å². The molecule has 3 atom stereocenters. The molecular formula is C21H18F4N6O2S. The zero-order valence-corrected chi connectivity index (χ0v) is 18.7. The molecule has 1 saturated heterocycles. The number of fused-ring (bicyclic) bond motifs is 3. The Bertz CT molecular complexity index is 1380. The van der Waals surface area contributed by atoms with Gasteiger partial charge >= 0.3 is 12.3 Å². The highest BCUT2D eigenvalue weighted by molar-refractivity contribution is 7.24. The summed E-state index contributed by atoms with van der Waals surface area (Å²) in [5, 5.41) is 3.10. The van der Waals surface area contributed by atoms with Crippen LogP contribution < -0.4 is 10.2 Å². The van der Waals surface area contributed by atoms with Crippen LogP contribution in [-0.4, -0.2) is 44.3 Å². The Morgan fingerprint density at radius 2 is 2.03 bits per heavy atom. The molecule has 1 fully saturated rings. The van der Waals surface area contributed by atoms with Gasteiger partial charge in [0.15, 0.2) is 0 Å². The summed E-state index contributed by atoms with van der Waals surface area (Å²) in [6, 6.07) is 3.87. The number of anilines is 2. The molecule has 8 nitrogen and oxygen atoms in total. The summed E-state index contributed by atoms with van der Waals surface area (Å²) in [5.41, 5.74) is 0.507. The fraction of sp³-hybridized carbons (Fsp3) is 0.333. The lowest BCUT2D eigenvalue weighted by molar-refractivity contribution is -0.137. The van der Waals surface area contributed by atoms with Gasteiger partial charge in [-0.2, -0.15) is 18.2 Å². The van der Waals surface area contributed by atoms with Crippen LogP contribution in [-0.2, 0) is 10.9 Å². The number of thiazole rings is 1. The lowest BCUT2D eigenvalue weighted by atomic mass is 10.2. The highest BCUT2D eigenvalue weighted by atomic mass is 32.1. The number of imidazole rings is 1. The predicted molar refractivity (Wildman–Crippen MR) is 118 cm³/mol. The number of cyclic esters (lactones) is 1. The number of hydrogen-bond donors (Lipinski definition) is 1. The first-order valence-electron chi connectivity index (χ1n) is 10.3. The summed E-state index contributed by atoms with van der Waals surface area (Å²) in [6.07, 6.45) is -3.44. The third-order valence-electron chi connectivity index (χ3n) is 5.58. The SMILES string of the molecule is CC(Nc1nccc(N2C(=O)OC[C@@H]2[C@H](C)F)n1)c1ncn2c1sc1cc(C(F)(F)F)ccc12. The van der Waals surface area contributed by atoms with Crippen molar-refractivity contribution >= 4 is 44.2 Å². The molecule has 13 heteroatoms. The third-order valence-corrected chi connectivity index (χ3v) is 6.73. The van der Waals surface area contributed by atoms with Gasteiger partial charge in [0.05, 0.1) is 27.5 Å². The fourth-order valence-electron chi connectivity index (χ4n) is 3.85. The van der Waals surface area contributed by atoms with Crippen LogP contribution >= 0.6 is 11.3 Å². The molecule has 5 rings (SSSR count). The molecule has 0 radical (unpaired) electrons. The maximum atomic E-state index is 13.9. The minimum Gasteiger partial charge on any atom is -0.447 e. The number of alkyl halides is 4. The van der Waals surface area contributed by atoms with Crippen LogP contribution in [0.2, 0.25) is 0 Å². The highest BCUT2D eigenvalue weighted by Gasteiger charge is 2.39. The highest BCUT2D eigenvalue weighted by Crippen LogP contribution is 2.36. The third kappa shape index (κ3) is 3.79. The van der Waals surface area contributed by atoms with Gasteiger partial charge in [-0.05, 0) is 38.1 Å². The van der Waals surface area contributed by atoms with E-state index in [1.165, 1.54) is 36.6 Å². The van der Waals surface area contributed by atoms with Crippen LogP contribution in [0.3, 0.4) is 0 Å². The fourth-order valence-corrected chi connectivity index (χ4v) is 5.09. The predicted octanol–water partition coefficient (Wildman–Crippen LogP) is 5.21. The van der Waals surface area contributed by atoms with Gasteiger partial charge in [0, 0.05) is 6.20 Å². The first kappa shape index (κ1) is 22.3. The summed E-state index contributed by atoms with van der Waals surface area (Å²) in [5.74, 6) is 0.370. The largest absolute Gasteiger partial charge is 0.447 e. The lowest BCUT2D eigenvalue weighted by Crippen LogP contribution is -2.39. The van der Waals surface area contributed by atoms with E-state index in [2.05, 4.69) is 20.3 Å². The normalized spacial score (nSPS) is 18.5. The average molecular weight is 494 g/mol. The van der Waals surface area contributed by atoms with Gasteiger partial charge in [-0.25, -0.2) is 19.2 Å². The molecule has 1 N–H and O–H groups in total. The van der Waals surface area contributed by atoms with Gasteiger partial charge in [-0.3, -0.25) is 9.30 Å². The van der Waals surface area contributed by atoms with Crippen molar-refractivity contribution in [1.82, 2.24) is 19.4 Å². The smallest absolute Gasteiger partial charge is 0.416 e. The molecular weight excluding hydrogens is 476 g/mol. The summed E-state index contributed by atoms with van der Waals surface area (Å²) >= 11 is 1.20. The Hall–Kier alpha value is -3.48. The standard InChI is InChI=1S/C21H18F4N6O2S/c1-10(22)14-8-33-20(32)31(14)16-5-6-26-19(29-16)28-11(2)17-18-30(9-27-17)13-4-3-12(21(23,24)25)7-15(13)34-18/h3-7,9-11,14H,8H2,1-2H3,(H,26,28,29)/t10-,11?,14+/m0/s1. The molecule has 34 heavy (non-hydrogen) atoms. The summed E-state index contributed by atoms with van der Waals surface area (Å²) in [7, 11) is 0. The maximum absolute atomic E-state index is 13.9. The van der Waals surface area contributed by atoms with Crippen molar-refractivity contribution in [2.75, 3.05) is 16.8 Å². The van der Waals surface area contributed by atoms with Gasteiger partial charge in [0.2, 0.25) is 5.95 Å². The summed E-state index contributed by atoms with van der Waals surface area (Å²) in [4.78, 5) is 26.9. The lowest BCUT2D eigenvalue weighted by Gasteiger charge is -2.22. The minimum absolute atomic E-state index is 0.0751. The zero-order valence-electron chi connectivity index (χ0n) is 17.9. The van der Waals surface area contributed by atoms with E-state index in [0.29, 0.717) is 20.7 Å². The van der Waals surface area contributed by atoms with Gasteiger partial charge in [0.25, 0.3) is 0 Å². The van der Waals surface area contributed by atoms with Crippen LogP contribution in [0.15, 0.2) is 36.8 Å². The second kappa shape index (κ2) is 8.08. The van der Waals surface area contributed by atoms with Gasteiger partial charge in [-0.1, -0.05) is 0 Å². The average Bonchev–Trinajstić information content (AvgIpc) is 3.45. The molecule has 4 aromatic rings. The van der Waals surface area contributed by atoms with Crippen molar-refractivity contribution < 1.29 is 27.1 Å². The van der Waals surface area contributed by atoms with Crippen LogP contribution in [0.1, 0.15) is 31.1 Å². The van der Waals surface area contributed by atoms with Crippen molar-refractivity contribution in [3.05, 3.63) is 48.0 Å². The molecule has 0 bridgehead atoms. The Kier molecular flexibility index (Phi) is 5.30. The second-order valence-corrected chi connectivity index (χ2v) is 8.91. The van der Waals surface area contributed by atoms with Crippen LogP contribution in [0.25, 0.3) is 15.0 Å². The van der Waals surface area contributed by atoms with Crippen LogP contribution in [0.5, 0.6) is 0 Å². The van der Waals surface area contributed by atoms with E-state index < -0.39 is 36.1 Å². The van der Waals surface area contributed by atoms with E-state index >= 15 is 0 Å². The first-order chi connectivity index (χ1) is 16.1. The number of carbonyl (C=O) groups is 1. The van der Waals surface area contributed by atoms with E-state index in [4.69, 9.17) is 4.74 Å². The van der Waals surface area contributed by atoms with E-state index in [-0.39, 0.29) is 18.4 Å². The van der Waals surface area contributed by atoms with Crippen molar-refractivity contribution in [1.29, 1.82) is 0 Å². The van der Waals surface area contributed by atoms with Crippen molar-refractivity contribution in [3.8, 4) is 0 Å². The molecule has 0 saturated carbocycles. The van der Waals surface area contributed by atoms with Gasteiger partial charge in [0.1, 0.15) is 35.8 Å². The number of hydrogen-bond acceptors (Lipinski definition) is 7. The molecule has 3 aromatic heterocycles. The van der Waals surface area contributed by atoms with E-state index in [1.807, 2.05) is 0 Å². The number of amides is 1. The molecule has 1 aromatic carbocycles. The molecule has 1 aliphatic heterocycles. The molecule has 178 valence electrons. The Morgan fingerprint density at radius 1 is 1.24 bits per heavy atom. The number of rotatable bonds is 5. The van der Waals surface area contributed by atoms with Crippen LogP contribution in [0, 0.1) is 0 Å². The molecule has 4 heterocycles.